The van der Waals surface area contributed by atoms with Crippen LogP contribution in [0.15, 0.2) is 59.6 Å². The number of nitrogens with one attached hydrogen (secondary N) is 2. The number of sulfonamides is 1. The van der Waals surface area contributed by atoms with Crippen molar-refractivity contribution in [3.8, 4) is 0 Å². The van der Waals surface area contributed by atoms with Crippen LogP contribution in [0.2, 0.25) is 0 Å². The number of H-pyrrole nitrogens is 1. The van der Waals surface area contributed by atoms with E-state index in [1.54, 1.807) is 0 Å². The van der Waals surface area contributed by atoms with Gasteiger partial charge in [0.1, 0.15) is 0 Å². The topological polar surface area (TPSA) is 62.0 Å². The van der Waals surface area contributed by atoms with E-state index >= 15 is 0 Å². The molecule has 25 heavy (non-hydrogen) atoms. The lowest BCUT2D eigenvalue weighted by Gasteiger charge is -2.09. The molecular formula is C17H15F3N2O2S. The molecule has 0 saturated carbocycles. The smallest absolute Gasteiger partial charge is 0.361 e. The molecule has 0 spiro atoms. The van der Waals surface area contributed by atoms with Gasteiger partial charge in [-0.2, -0.15) is 13.2 Å². The number of hydrogen-bond donors (Lipinski definition) is 2. The lowest BCUT2D eigenvalue weighted by Crippen LogP contribution is -2.26. The maximum Gasteiger partial charge on any atom is 0.416 e. The third-order valence-corrected chi connectivity index (χ3v) is 5.33. The predicted molar refractivity (Wildman–Crippen MR) is 88.6 cm³/mol. The van der Waals surface area contributed by atoms with Gasteiger partial charge in [-0.15, -0.1) is 0 Å². The Morgan fingerprint density at radius 1 is 1.00 bits per heavy atom. The molecule has 4 nitrogen and oxygen atoms in total. The summed E-state index contributed by atoms with van der Waals surface area (Å²) < 4.78 is 64.4. The largest absolute Gasteiger partial charge is 0.416 e. The molecule has 2 aromatic carbocycles. The summed E-state index contributed by atoms with van der Waals surface area (Å²) in [7, 11) is -3.86. The maximum absolute atomic E-state index is 12.5. The van der Waals surface area contributed by atoms with E-state index in [2.05, 4.69) is 9.71 Å². The average molecular weight is 368 g/mol. The zero-order chi connectivity index (χ0) is 18.1. The van der Waals surface area contributed by atoms with Crippen LogP contribution >= 0.6 is 0 Å². The number of aromatic nitrogens is 1. The summed E-state index contributed by atoms with van der Waals surface area (Å²) in [6, 6.07) is 11.1. The third kappa shape index (κ3) is 3.85. The Hall–Kier alpha value is -2.32. The highest BCUT2D eigenvalue weighted by molar-refractivity contribution is 7.89. The second-order valence-electron chi connectivity index (χ2n) is 5.53. The molecule has 0 aliphatic carbocycles. The molecule has 0 amide bonds. The first-order chi connectivity index (χ1) is 11.8. The molecule has 3 rings (SSSR count). The Labute approximate surface area is 142 Å². The minimum Gasteiger partial charge on any atom is -0.361 e. The predicted octanol–water partition coefficient (Wildman–Crippen LogP) is 3.71. The van der Waals surface area contributed by atoms with Crippen LogP contribution in [-0.2, 0) is 22.6 Å². The lowest BCUT2D eigenvalue weighted by molar-refractivity contribution is -0.137. The van der Waals surface area contributed by atoms with E-state index in [1.165, 1.54) is 0 Å². The number of benzene rings is 2. The number of halogens is 3. The first kappa shape index (κ1) is 17.5. The van der Waals surface area contributed by atoms with Crippen LogP contribution < -0.4 is 4.72 Å². The van der Waals surface area contributed by atoms with Crippen LogP contribution in [0, 0.1) is 0 Å². The molecule has 2 N–H and O–H groups in total. The summed E-state index contributed by atoms with van der Waals surface area (Å²) >= 11 is 0. The van der Waals surface area contributed by atoms with Crippen LogP contribution in [-0.4, -0.2) is 19.9 Å². The highest BCUT2D eigenvalue weighted by atomic mass is 32.2. The van der Waals surface area contributed by atoms with Crippen molar-refractivity contribution in [3.05, 3.63) is 65.9 Å². The van der Waals surface area contributed by atoms with Crippen molar-refractivity contribution in [2.45, 2.75) is 17.5 Å². The maximum atomic E-state index is 12.5. The molecule has 0 aliphatic rings. The van der Waals surface area contributed by atoms with E-state index in [0.717, 1.165) is 40.7 Å². The first-order valence-corrected chi connectivity index (χ1v) is 8.97. The fourth-order valence-electron chi connectivity index (χ4n) is 2.56. The van der Waals surface area contributed by atoms with E-state index in [4.69, 9.17) is 0 Å². The zero-order valence-corrected chi connectivity index (χ0v) is 13.8. The van der Waals surface area contributed by atoms with Crippen molar-refractivity contribution in [3.63, 3.8) is 0 Å². The average Bonchev–Trinajstić information content (AvgIpc) is 2.97. The van der Waals surface area contributed by atoms with Crippen molar-refractivity contribution in [1.82, 2.24) is 9.71 Å². The van der Waals surface area contributed by atoms with Crippen molar-refractivity contribution >= 4 is 20.9 Å². The van der Waals surface area contributed by atoms with Gasteiger partial charge in [0, 0.05) is 23.6 Å². The zero-order valence-electron chi connectivity index (χ0n) is 13.0. The molecule has 0 fully saturated rings. The van der Waals surface area contributed by atoms with Gasteiger partial charge in [-0.05, 0) is 42.3 Å². The van der Waals surface area contributed by atoms with Crippen LogP contribution in [0.1, 0.15) is 11.1 Å². The van der Waals surface area contributed by atoms with E-state index in [-0.39, 0.29) is 11.4 Å². The van der Waals surface area contributed by atoms with Crippen molar-refractivity contribution < 1.29 is 21.6 Å². The molecule has 132 valence electrons. The van der Waals surface area contributed by atoms with Gasteiger partial charge in [-0.1, -0.05) is 18.2 Å². The van der Waals surface area contributed by atoms with Crippen molar-refractivity contribution in [2.24, 2.45) is 0 Å². The molecule has 1 heterocycles. The minimum absolute atomic E-state index is 0.144. The van der Waals surface area contributed by atoms with Crippen molar-refractivity contribution in [1.29, 1.82) is 0 Å². The highest BCUT2D eigenvalue weighted by Crippen LogP contribution is 2.29. The first-order valence-electron chi connectivity index (χ1n) is 7.49. The minimum atomic E-state index is -4.49. The van der Waals surface area contributed by atoms with E-state index in [1.807, 2.05) is 30.5 Å². The number of alkyl halides is 3. The summed E-state index contributed by atoms with van der Waals surface area (Å²) in [5.41, 5.74) is 1.04. The standard InChI is InChI=1S/C17H15F3N2O2S/c18-17(19,20)13-5-7-14(8-6-13)25(23,24)22-10-9-12-11-21-16-4-2-1-3-15(12)16/h1-8,11,21-22H,9-10H2. The fraction of sp³-hybridized carbons (Fsp3) is 0.176. The Kier molecular flexibility index (Phi) is 4.57. The van der Waals surface area contributed by atoms with Crippen LogP contribution in [0.25, 0.3) is 10.9 Å². The normalized spacial score (nSPS) is 12.6. The van der Waals surface area contributed by atoms with Gasteiger partial charge in [0.05, 0.1) is 10.5 Å². The molecule has 1 aromatic heterocycles. The molecule has 0 radical (unpaired) electrons. The van der Waals surface area contributed by atoms with Crippen molar-refractivity contribution in [2.75, 3.05) is 6.54 Å². The molecule has 0 bridgehead atoms. The molecule has 8 heteroatoms. The summed E-state index contributed by atoms with van der Waals surface area (Å²) in [6.07, 6.45) is -2.22. The fourth-order valence-corrected chi connectivity index (χ4v) is 3.60. The quantitative estimate of drug-likeness (QED) is 0.721. The molecular weight excluding hydrogens is 353 g/mol. The Balaban J connectivity index is 1.67. The number of aromatic amines is 1. The summed E-state index contributed by atoms with van der Waals surface area (Å²) in [5, 5.41) is 1.01. The monoisotopic (exact) mass is 368 g/mol. The number of hydrogen-bond acceptors (Lipinski definition) is 2. The van der Waals surface area contributed by atoms with Gasteiger partial charge in [0.25, 0.3) is 0 Å². The molecule has 0 unspecified atom stereocenters. The third-order valence-electron chi connectivity index (χ3n) is 3.85. The van der Waals surface area contributed by atoms with Crippen LogP contribution in [0.4, 0.5) is 13.2 Å². The van der Waals surface area contributed by atoms with Gasteiger partial charge in [-0.3, -0.25) is 0 Å². The Morgan fingerprint density at radius 2 is 1.68 bits per heavy atom. The van der Waals surface area contributed by atoms with Gasteiger partial charge >= 0.3 is 6.18 Å². The molecule has 0 aliphatic heterocycles. The Bertz CT molecular complexity index is 977. The SMILES string of the molecule is O=S(=O)(NCCc1c[nH]c2ccccc12)c1ccc(C(F)(F)F)cc1. The van der Waals surface area contributed by atoms with Gasteiger partial charge < -0.3 is 4.98 Å². The van der Waals surface area contributed by atoms with Gasteiger partial charge in [0.15, 0.2) is 0 Å². The van der Waals surface area contributed by atoms with E-state index in [9.17, 15) is 21.6 Å². The van der Waals surface area contributed by atoms with Crippen LogP contribution in [0.5, 0.6) is 0 Å². The van der Waals surface area contributed by atoms with Crippen LogP contribution in [0.3, 0.4) is 0 Å². The Morgan fingerprint density at radius 3 is 2.36 bits per heavy atom. The molecule has 3 aromatic rings. The second kappa shape index (κ2) is 6.53. The second-order valence-corrected chi connectivity index (χ2v) is 7.30. The van der Waals surface area contributed by atoms with Gasteiger partial charge in [0.2, 0.25) is 10.0 Å². The van der Waals surface area contributed by atoms with Gasteiger partial charge in [-0.25, -0.2) is 13.1 Å². The summed E-state index contributed by atoms with van der Waals surface area (Å²) in [6.45, 7) is 0.144. The van der Waals surface area contributed by atoms with E-state index < -0.39 is 21.8 Å². The highest BCUT2D eigenvalue weighted by Gasteiger charge is 2.30. The lowest BCUT2D eigenvalue weighted by atomic mass is 10.1. The number of rotatable bonds is 5. The van der Waals surface area contributed by atoms with E-state index in [0.29, 0.717) is 6.42 Å². The molecule has 0 atom stereocenters. The number of para-hydroxylation sites is 1. The number of fused-ring (bicyclic) bond motifs is 1. The summed E-state index contributed by atoms with van der Waals surface area (Å²) in [5.74, 6) is 0. The molecule has 0 saturated heterocycles. The summed E-state index contributed by atoms with van der Waals surface area (Å²) in [4.78, 5) is 2.91.